The summed E-state index contributed by atoms with van der Waals surface area (Å²) < 4.78 is 0. The van der Waals surface area contributed by atoms with Crippen LogP contribution < -0.4 is 0 Å². The Balaban J connectivity index is 2.23. The largest absolute Gasteiger partial charge is 0.392 e. The van der Waals surface area contributed by atoms with Crippen LogP contribution in [0.1, 0.15) is 64.9 Å². The minimum atomic E-state index is -0.201. The molecule has 0 aromatic heterocycles. The van der Waals surface area contributed by atoms with E-state index in [0.29, 0.717) is 5.92 Å². The van der Waals surface area contributed by atoms with Gasteiger partial charge in [-0.1, -0.05) is 63.9 Å². The molecule has 0 spiro atoms. The molecule has 0 radical (unpaired) electrons. The fourth-order valence-corrected chi connectivity index (χ4v) is 4.07. The Hall–Kier alpha value is -0.820. The van der Waals surface area contributed by atoms with E-state index < -0.39 is 0 Å². The smallest absolute Gasteiger partial charge is 0.0664 e. The van der Waals surface area contributed by atoms with E-state index in [1.165, 1.54) is 31.2 Å². The predicted molar refractivity (Wildman–Crippen MR) is 85.8 cm³/mol. The van der Waals surface area contributed by atoms with Gasteiger partial charge in [-0.25, -0.2) is 0 Å². The van der Waals surface area contributed by atoms with E-state index in [2.05, 4.69) is 51.1 Å². The molecule has 112 valence electrons. The Kier molecular flexibility index (Phi) is 5.26. The predicted octanol–water partition coefficient (Wildman–Crippen LogP) is 4.93. The highest BCUT2D eigenvalue weighted by molar-refractivity contribution is 5.27. The molecule has 20 heavy (non-hydrogen) atoms. The zero-order valence-corrected chi connectivity index (χ0v) is 13.3. The third kappa shape index (κ3) is 2.93. The Bertz CT molecular complexity index is 385. The number of hydrogen-bond acceptors (Lipinski definition) is 1. The van der Waals surface area contributed by atoms with Crippen molar-refractivity contribution in [3.8, 4) is 0 Å². The summed E-state index contributed by atoms with van der Waals surface area (Å²) in [5.74, 6) is 1.32. The van der Waals surface area contributed by atoms with Crippen LogP contribution in [0.25, 0.3) is 0 Å². The molecule has 1 fully saturated rings. The number of hydrogen-bond donors (Lipinski definition) is 1. The topological polar surface area (TPSA) is 20.2 Å². The summed E-state index contributed by atoms with van der Waals surface area (Å²) in [5.41, 5.74) is 1.25. The summed E-state index contributed by atoms with van der Waals surface area (Å²) in [6.07, 6.45) is 6.77. The Morgan fingerprint density at radius 2 is 1.60 bits per heavy atom. The Morgan fingerprint density at radius 3 is 2.10 bits per heavy atom. The molecule has 1 nitrogen and oxygen atoms in total. The van der Waals surface area contributed by atoms with Crippen LogP contribution in [-0.2, 0) is 5.41 Å². The van der Waals surface area contributed by atoms with E-state index in [4.69, 9.17) is 0 Å². The second-order valence-corrected chi connectivity index (χ2v) is 6.69. The first-order valence-corrected chi connectivity index (χ1v) is 8.37. The van der Waals surface area contributed by atoms with Gasteiger partial charge in [-0.3, -0.25) is 0 Å². The minimum Gasteiger partial charge on any atom is -0.392 e. The van der Waals surface area contributed by atoms with Crippen LogP contribution in [-0.4, -0.2) is 11.2 Å². The van der Waals surface area contributed by atoms with Crippen molar-refractivity contribution in [3.05, 3.63) is 35.9 Å². The zero-order chi connectivity index (χ0) is 14.6. The average Bonchev–Trinajstić information content (AvgIpc) is 2.51. The summed E-state index contributed by atoms with van der Waals surface area (Å²) in [6.45, 7) is 6.79. The van der Waals surface area contributed by atoms with E-state index in [9.17, 15) is 5.11 Å². The standard InChI is InChI=1S/C19H30O/c1-4-19(5-2,17-9-7-6-8-10-17)18(20)16-13-11-15(3)12-14-16/h6-10,15-16,18,20H,4-5,11-14H2,1-3H3. The monoisotopic (exact) mass is 274 g/mol. The first-order chi connectivity index (χ1) is 9.64. The minimum absolute atomic E-state index is 0.0630. The maximum absolute atomic E-state index is 11.1. The van der Waals surface area contributed by atoms with Crippen molar-refractivity contribution in [1.29, 1.82) is 0 Å². The Labute approximate surface area is 124 Å². The van der Waals surface area contributed by atoms with Gasteiger partial charge in [0.05, 0.1) is 6.10 Å². The fourth-order valence-electron chi connectivity index (χ4n) is 4.07. The van der Waals surface area contributed by atoms with E-state index in [0.717, 1.165) is 18.8 Å². The summed E-state index contributed by atoms with van der Waals surface area (Å²) in [7, 11) is 0. The maximum atomic E-state index is 11.1. The van der Waals surface area contributed by atoms with Crippen LogP contribution in [0.3, 0.4) is 0 Å². The van der Waals surface area contributed by atoms with Gasteiger partial charge in [-0.2, -0.15) is 0 Å². The molecule has 0 heterocycles. The van der Waals surface area contributed by atoms with Crippen molar-refractivity contribution >= 4 is 0 Å². The Morgan fingerprint density at radius 1 is 1.05 bits per heavy atom. The zero-order valence-electron chi connectivity index (χ0n) is 13.3. The molecule has 1 atom stereocenters. The molecule has 1 aromatic rings. The van der Waals surface area contributed by atoms with Crippen LogP contribution in [0.15, 0.2) is 30.3 Å². The van der Waals surface area contributed by atoms with Crippen LogP contribution in [0.2, 0.25) is 0 Å². The molecule has 2 rings (SSSR count). The van der Waals surface area contributed by atoms with Crippen molar-refractivity contribution in [2.45, 2.75) is 70.8 Å². The fraction of sp³-hybridized carbons (Fsp3) is 0.684. The quantitative estimate of drug-likeness (QED) is 0.807. The lowest BCUT2D eigenvalue weighted by atomic mass is 9.64. The molecule has 1 heteroatoms. The van der Waals surface area contributed by atoms with Gasteiger partial charge in [-0.15, -0.1) is 0 Å². The number of aliphatic hydroxyl groups excluding tert-OH is 1. The molecule has 1 aromatic carbocycles. The lowest BCUT2D eigenvalue weighted by Crippen LogP contribution is -2.44. The molecule has 1 N–H and O–H groups in total. The second-order valence-electron chi connectivity index (χ2n) is 6.69. The molecule has 0 bridgehead atoms. The van der Waals surface area contributed by atoms with E-state index in [1.54, 1.807) is 0 Å². The van der Waals surface area contributed by atoms with Crippen LogP contribution in [0.4, 0.5) is 0 Å². The van der Waals surface area contributed by atoms with Crippen molar-refractivity contribution in [2.75, 3.05) is 0 Å². The number of benzene rings is 1. The molecule has 0 saturated heterocycles. The summed E-state index contributed by atoms with van der Waals surface area (Å²) in [6, 6.07) is 10.7. The third-order valence-electron chi connectivity index (χ3n) is 5.68. The van der Waals surface area contributed by atoms with Gasteiger partial charge >= 0.3 is 0 Å². The molecular formula is C19H30O. The molecule has 1 unspecified atom stereocenters. The highest BCUT2D eigenvalue weighted by atomic mass is 16.3. The van der Waals surface area contributed by atoms with Gasteiger partial charge in [-0.05, 0) is 43.1 Å². The summed E-state index contributed by atoms with van der Waals surface area (Å²) in [4.78, 5) is 0. The molecule has 1 aliphatic carbocycles. The van der Waals surface area contributed by atoms with Crippen molar-refractivity contribution in [2.24, 2.45) is 11.8 Å². The lowest BCUT2D eigenvalue weighted by Gasteiger charge is -2.43. The van der Waals surface area contributed by atoms with Crippen LogP contribution >= 0.6 is 0 Å². The van der Waals surface area contributed by atoms with Gasteiger partial charge in [0, 0.05) is 5.41 Å². The van der Waals surface area contributed by atoms with Gasteiger partial charge in [0.1, 0.15) is 0 Å². The highest BCUT2D eigenvalue weighted by Gasteiger charge is 2.41. The SMILES string of the molecule is CCC(CC)(c1ccccc1)C(O)C1CCC(C)CC1. The number of rotatable bonds is 5. The first kappa shape index (κ1) is 15.6. The second kappa shape index (κ2) is 6.76. The summed E-state index contributed by atoms with van der Waals surface area (Å²) in [5, 5.41) is 11.1. The van der Waals surface area contributed by atoms with Gasteiger partial charge < -0.3 is 5.11 Å². The maximum Gasteiger partial charge on any atom is 0.0664 e. The van der Waals surface area contributed by atoms with Crippen LogP contribution in [0.5, 0.6) is 0 Å². The van der Waals surface area contributed by atoms with Crippen molar-refractivity contribution in [1.82, 2.24) is 0 Å². The van der Waals surface area contributed by atoms with Gasteiger partial charge in [0.15, 0.2) is 0 Å². The highest BCUT2D eigenvalue weighted by Crippen LogP contribution is 2.42. The normalized spacial score (nSPS) is 25.4. The summed E-state index contributed by atoms with van der Waals surface area (Å²) >= 11 is 0. The van der Waals surface area contributed by atoms with Crippen LogP contribution in [0, 0.1) is 11.8 Å². The van der Waals surface area contributed by atoms with E-state index >= 15 is 0 Å². The van der Waals surface area contributed by atoms with Gasteiger partial charge in [0.25, 0.3) is 0 Å². The molecule has 1 saturated carbocycles. The van der Waals surface area contributed by atoms with E-state index in [1.807, 2.05) is 0 Å². The average molecular weight is 274 g/mol. The third-order valence-corrected chi connectivity index (χ3v) is 5.68. The van der Waals surface area contributed by atoms with Gasteiger partial charge in [0.2, 0.25) is 0 Å². The van der Waals surface area contributed by atoms with E-state index in [-0.39, 0.29) is 11.5 Å². The van der Waals surface area contributed by atoms with Crippen molar-refractivity contribution in [3.63, 3.8) is 0 Å². The molecule has 0 amide bonds. The number of aliphatic hydroxyl groups is 1. The molecule has 0 aliphatic heterocycles. The first-order valence-electron chi connectivity index (χ1n) is 8.37. The van der Waals surface area contributed by atoms with Crippen molar-refractivity contribution < 1.29 is 5.11 Å². The molecule has 1 aliphatic rings. The molecular weight excluding hydrogens is 244 g/mol. The lowest BCUT2D eigenvalue weighted by molar-refractivity contribution is 0.00267.